The zero-order valence-corrected chi connectivity index (χ0v) is 13.1. The minimum Gasteiger partial charge on any atom is -0.383 e. The summed E-state index contributed by atoms with van der Waals surface area (Å²) in [6.07, 6.45) is -0.928. The van der Waals surface area contributed by atoms with Crippen LogP contribution in [0.1, 0.15) is 16.5 Å². The highest BCUT2D eigenvalue weighted by atomic mass is 79.9. The van der Waals surface area contributed by atoms with Gasteiger partial charge < -0.3 is 5.11 Å². The number of benzene rings is 1. The van der Waals surface area contributed by atoms with Crippen LogP contribution in [0, 0.1) is 0 Å². The van der Waals surface area contributed by atoms with Crippen LogP contribution in [0.3, 0.4) is 0 Å². The Kier molecular flexibility index (Phi) is 2.97. The Labute approximate surface area is 123 Å². The lowest BCUT2D eigenvalue weighted by atomic mass is 10.1. The molecular formula is C12H10BrNO3S2. The lowest BCUT2D eigenvalue weighted by molar-refractivity contribution is 0.222. The van der Waals surface area contributed by atoms with Crippen molar-refractivity contribution in [2.75, 3.05) is 11.4 Å². The minimum absolute atomic E-state index is 0.153. The second kappa shape index (κ2) is 4.31. The molecule has 3 rings (SSSR count). The van der Waals surface area contributed by atoms with Gasteiger partial charge in [-0.25, -0.2) is 8.42 Å². The van der Waals surface area contributed by atoms with Crippen LogP contribution in [0.5, 0.6) is 0 Å². The summed E-state index contributed by atoms with van der Waals surface area (Å²) in [6, 6.07) is 6.56. The van der Waals surface area contributed by atoms with Crippen molar-refractivity contribution in [3.8, 4) is 0 Å². The number of rotatable bonds is 0. The van der Waals surface area contributed by atoms with Crippen molar-refractivity contribution in [2.45, 2.75) is 11.0 Å². The third-order valence-electron chi connectivity index (χ3n) is 3.16. The van der Waals surface area contributed by atoms with Crippen LogP contribution in [0.4, 0.5) is 5.69 Å². The molecule has 2 heterocycles. The topological polar surface area (TPSA) is 57.6 Å². The Bertz CT molecular complexity index is 754. The smallest absolute Gasteiger partial charge is 0.264 e. The molecule has 1 atom stereocenters. The van der Waals surface area contributed by atoms with Crippen LogP contribution in [0.25, 0.3) is 0 Å². The number of nitrogens with zero attached hydrogens (tertiary/aromatic N) is 1. The van der Waals surface area contributed by atoms with Crippen LogP contribution < -0.4 is 4.31 Å². The van der Waals surface area contributed by atoms with E-state index in [9.17, 15) is 13.5 Å². The number of aliphatic hydroxyl groups excluding tert-OH is 1. The molecule has 1 N–H and O–H groups in total. The molecule has 0 radical (unpaired) electrons. The summed E-state index contributed by atoms with van der Waals surface area (Å²) < 4.78 is 27.1. The van der Waals surface area contributed by atoms with Gasteiger partial charge in [0, 0.05) is 18.0 Å². The molecule has 1 aliphatic rings. The molecule has 1 aliphatic heterocycles. The fourth-order valence-corrected chi connectivity index (χ4v) is 5.68. The second-order valence-corrected chi connectivity index (χ2v) is 7.91. The third-order valence-corrected chi connectivity index (χ3v) is 6.93. The zero-order chi connectivity index (χ0) is 13.8. The molecule has 0 aliphatic carbocycles. The largest absolute Gasteiger partial charge is 0.383 e. The number of hydrogen-bond acceptors (Lipinski definition) is 4. The minimum atomic E-state index is -3.65. The second-order valence-electron chi connectivity index (χ2n) is 4.21. The van der Waals surface area contributed by atoms with E-state index in [0.29, 0.717) is 20.6 Å². The number of anilines is 1. The lowest BCUT2D eigenvalue weighted by Crippen LogP contribution is -2.26. The molecule has 0 fully saturated rings. The van der Waals surface area contributed by atoms with E-state index in [2.05, 4.69) is 15.9 Å². The van der Waals surface area contributed by atoms with E-state index in [0.717, 1.165) is 0 Å². The molecule has 0 saturated heterocycles. The average molecular weight is 360 g/mol. The molecule has 100 valence electrons. The number of sulfonamides is 1. The highest BCUT2D eigenvalue weighted by Crippen LogP contribution is 2.46. The first-order valence-corrected chi connectivity index (χ1v) is 8.58. The number of hydrogen-bond donors (Lipinski definition) is 1. The summed E-state index contributed by atoms with van der Waals surface area (Å²) >= 11 is 4.68. The Balaban J connectivity index is 2.42. The average Bonchev–Trinajstić information content (AvgIpc) is 2.76. The number of halogens is 1. The predicted molar refractivity (Wildman–Crippen MR) is 78.1 cm³/mol. The SMILES string of the molecule is CN1c2c(Br)csc2C(O)c2ccccc2S1(=O)=O. The maximum Gasteiger partial charge on any atom is 0.264 e. The molecule has 0 saturated carbocycles. The fraction of sp³-hybridized carbons (Fsp3) is 0.167. The first-order valence-electron chi connectivity index (χ1n) is 5.47. The van der Waals surface area contributed by atoms with Crippen molar-refractivity contribution in [1.82, 2.24) is 0 Å². The van der Waals surface area contributed by atoms with Gasteiger partial charge in [-0.05, 0) is 22.0 Å². The number of aliphatic hydroxyl groups is 1. The fourth-order valence-electron chi connectivity index (χ4n) is 2.19. The number of thiophene rings is 1. The molecule has 1 unspecified atom stereocenters. The molecule has 4 nitrogen and oxygen atoms in total. The Hall–Kier alpha value is -0.890. The van der Waals surface area contributed by atoms with Gasteiger partial charge in [-0.2, -0.15) is 0 Å². The third kappa shape index (κ3) is 1.76. The summed E-state index contributed by atoms with van der Waals surface area (Å²) in [5, 5.41) is 12.2. The van der Waals surface area contributed by atoms with Crippen LogP contribution in [0.2, 0.25) is 0 Å². The highest BCUT2D eigenvalue weighted by molar-refractivity contribution is 9.10. The molecule has 0 spiro atoms. The molecule has 0 amide bonds. The van der Waals surface area contributed by atoms with E-state index in [1.165, 1.54) is 28.8 Å². The van der Waals surface area contributed by atoms with Crippen molar-refractivity contribution in [2.24, 2.45) is 0 Å². The van der Waals surface area contributed by atoms with E-state index in [-0.39, 0.29) is 4.90 Å². The Morgan fingerprint density at radius 2 is 2.05 bits per heavy atom. The highest BCUT2D eigenvalue weighted by Gasteiger charge is 2.36. The van der Waals surface area contributed by atoms with Gasteiger partial charge in [0.15, 0.2) is 0 Å². The van der Waals surface area contributed by atoms with Gasteiger partial charge in [0.1, 0.15) is 6.10 Å². The maximum atomic E-state index is 12.6. The van der Waals surface area contributed by atoms with E-state index >= 15 is 0 Å². The van der Waals surface area contributed by atoms with Gasteiger partial charge in [0.25, 0.3) is 10.0 Å². The quantitative estimate of drug-likeness (QED) is 0.786. The van der Waals surface area contributed by atoms with Gasteiger partial charge in [0.2, 0.25) is 0 Å². The van der Waals surface area contributed by atoms with Crippen molar-refractivity contribution in [1.29, 1.82) is 0 Å². The van der Waals surface area contributed by atoms with Crippen molar-refractivity contribution < 1.29 is 13.5 Å². The van der Waals surface area contributed by atoms with Crippen LogP contribution in [-0.4, -0.2) is 20.6 Å². The molecule has 2 aromatic rings. The zero-order valence-electron chi connectivity index (χ0n) is 9.87. The molecule has 7 heteroatoms. The summed E-state index contributed by atoms with van der Waals surface area (Å²) in [4.78, 5) is 0.781. The Morgan fingerprint density at radius 1 is 1.37 bits per heavy atom. The monoisotopic (exact) mass is 359 g/mol. The van der Waals surface area contributed by atoms with Crippen LogP contribution in [0.15, 0.2) is 39.0 Å². The van der Waals surface area contributed by atoms with E-state index in [1.54, 1.807) is 23.6 Å². The summed E-state index contributed by atoms with van der Waals surface area (Å²) in [5.41, 5.74) is 0.927. The van der Waals surface area contributed by atoms with E-state index < -0.39 is 16.1 Å². The summed E-state index contributed by atoms with van der Waals surface area (Å²) in [6.45, 7) is 0. The summed E-state index contributed by atoms with van der Waals surface area (Å²) in [7, 11) is -2.15. The lowest BCUT2D eigenvalue weighted by Gasteiger charge is -2.18. The van der Waals surface area contributed by atoms with Gasteiger partial charge in [-0.3, -0.25) is 4.31 Å². The van der Waals surface area contributed by atoms with Gasteiger partial charge >= 0.3 is 0 Å². The first-order chi connectivity index (χ1) is 8.94. The predicted octanol–water partition coefficient (Wildman–Crippen LogP) is 2.73. The van der Waals surface area contributed by atoms with Crippen LogP contribution >= 0.6 is 27.3 Å². The summed E-state index contributed by atoms with van der Waals surface area (Å²) in [5.74, 6) is 0. The standard InChI is InChI=1S/C12H10BrNO3S2/c1-14-10-8(13)6-18-12(10)11(15)7-4-2-3-5-9(7)19(14,16)17/h2-6,11,15H,1H3. The molecular weight excluding hydrogens is 350 g/mol. The first kappa shape index (κ1) is 13.1. The van der Waals surface area contributed by atoms with Crippen LogP contribution in [-0.2, 0) is 10.0 Å². The maximum absolute atomic E-state index is 12.6. The molecule has 19 heavy (non-hydrogen) atoms. The molecule has 1 aromatic heterocycles. The van der Waals surface area contributed by atoms with E-state index in [1.807, 2.05) is 0 Å². The number of fused-ring (bicyclic) bond motifs is 2. The van der Waals surface area contributed by atoms with Gasteiger partial charge in [0.05, 0.1) is 19.9 Å². The van der Waals surface area contributed by atoms with Crippen molar-refractivity contribution in [3.05, 3.63) is 44.6 Å². The van der Waals surface area contributed by atoms with Crippen molar-refractivity contribution >= 4 is 43.0 Å². The molecule has 1 aromatic carbocycles. The normalized spacial score (nSPS) is 20.6. The van der Waals surface area contributed by atoms with Gasteiger partial charge in [-0.15, -0.1) is 11.3 Å². The van der Waals surface area contributed by atoms with E-state index in [4.69, 9.17) is 0 Å². The Morgan fingerprint density at radius 3 is 2.79 bits per heavy atom. The molecule has 0 bridgehead atoms. The van der Waals surface area contributed by atoms with Crippen molar-refractivity contribution in [3.63, 3.8) is 0 Å². The van der Waals surface area contributed by atoms with Gasteiger partial charge in [-0.1, -0.05) is 18.2 Å².